The third-order valence-electron chi connectivity index (χ3n) is 1.57. The van der Waals surface area contributed by atoms with E-state index in [9.17, 15) is 17.3 Å². The molecule has 0 bridgehead atoms. The molecule has 0 N–H and O–H groups in total. The van der Waals surface area contributed by atoms with E-state index in [1.807, 2.05) is 43.7 Å². The first-order valence-corrected chi connectivity index (χ1v) is 4.74. The van der Waals surface area contributed by atoms with E-state index in [-0.39, 0.29) is 0 Å². The summed E-state index contributed by atoms with van der Waals surface area (Å²) in [7, 11) is -6.00. The molecule has 2 nitrogen and oxygen atoms in total. The standard InChI is InChI=1S/C9H14NO.BF4/c1-4-11-10-8(2)6-5-7-9(10)3;2-1(3,4)5/h5-7H,4H2,1-3H3;/q+1;-1. The zero-order chi connectivity index (χ0) is 12.8. The maximum atomic E-state index is 9.75. The van der Waals surface area contributed by atoms with Gasteiger partial charge in [0.2, 0.25) is 11.4 Å². The SMILES string of the molecule is CCO[n+]1c(C)cccc1C.F[B-](F)(F)F. The van der Waals surface area contributed by atoms with Gasteiger partial charge < -0.3 is 17.3 Å². The van der Waals surface area contributed by atoms with Crippen LogP contribution in [0.5, 0.6) is 0 Å². The maximum Gasteiger partial charge on any atom is 0.673 e. The average Bonchev–Trinajstić information content (AvgIpc) is 2.09. The van der Waals surface area contributed by atoms with Crippen molar-refractivity contribution in [1.29, 1.82) is 0 Å². The van der Waals surface area contributed by atoms with Crippen LogP contribution in [-0.2, 0) is 0 Å². The van der Waals surface area contributed by atoms with Crippen molar-refractivity contribution in [2.24, 2.45) is 0 Å². The second kappa shape index (κ2) is 6.35. The number of nitrogens with zero attached hydrogens (tertiary/aromatic N) is 1. The number of aryl methyl sites for hydroxylation is 2. The molecule has 0 saturated carbocycles. The Morgan fingerprint density at radius 1 is 1.12 bits per heavy atom. The van der Waals surface area contributed by atoms with Gasteiger partial charge in [-0.05, 0) is 13.0 Å². The Morgan fingerprint density at radius 3 is 1.81 bits per heavy atom. The van der Waals surface area contributed by atoms with Crippen LogP contribution in [0.4, 0.5) is 17.3 Å². The molecule has 1 aromatic rings. The van der Waals surface area contributed by atoms with E-state index in [1.54, 1.807) is 0 Å². The van der Waals surface area contributed by atoms with E-state index in [1.165, 1.54) is 0 Å². The van der Waals surface area contributed by atoms with E-state index < -0.39 is 7.25 Å². The van der Waals surface area contributed by atoms with Crippen molar-refractivity contribution >= 4 is 7.25 Å². The Morgan fingerprint density at radius 2 is 1.50 bits per heavy atom. The first-order valence-electron chi connectivity index (χ1n) is 4.74. The largest absolute Gasteiger partial charge is 0.673 e. The van der Waals surface area contributed by atoms with E-state index in [0.717, 1.165) is 11.4 Å². The van der Waals surface area contributed by atoms with Crippen molar-refractivity contribution in [3.05, 3.63) is 29.6 Å². The Labute approximate surface area is 91.9 Å². The minimum absolute atomic E-state index is 0.705. The highest BCUT2D eigenvalue weighted by Gasteiger charge is 2.20. The highest BCUT2D eigenvalue weighted by atomic mass is 19.5. The Kier molecular flexibility index (Phi) is 5.84. The molecule has 0 aliphatic rings. The van der Waals surface area contributed by atoms with Gasteiger partial charge in [-0.15, -0.1) is 0 Å². The lowest BCUT2D eigenvalue weighted by atomic mass is 10.3. The van der Waals surface area contributed by atoms with Gasteiger partial charge in [0.25, 0.3) is 0 Å². The molecule has 0 unspecified atom stereocenters. The number of hydrogen-bond donors (Lipinski definition) is 0. The molecule has 1 rings (SSSR count). The predicted molar refractivity (Wildman–Crippen MR) is 53.4 cm³/mol. The molecule has 0 amide bonds. The summed E-state index contributed by atoms with van der Waals surface area (Å²) in [5.41, 5.74) is 2.26. The summed E-state index contributed by atoms with van der Waals surface area (Å²) in [5.74, 6) is 0. The minimum Gasteiger partial charge on any atom is -0.418 e. The van der Waals surface area contributed by atoms with E-state index in [0.29, 0.717) is 6.61 Å². The van der Waals surface area contributed by atoms with Crippen LogP contribution < -0.4 is 9.57 Å². The lowest BCUT2D eigenvalue weighted by molar-refractivity contribution is -0.898. The molecule has 1 aromatic heterocycles. The molecule has 0 aromatic carbocycles. The van der Waals surface area contributed by atoms with Crippen molar-refractivity contribution < 1.29 is 26.8 Å². The summed E-state index contributed by atoms with van der Waals surface area (Å²) in [6.07, 6.45) is 0. The van der Waals surface area contributed by atoms with Crippen molar-refractivity contribution in [2.75, 3.05) is 6.61 Å². The monoisotopic (exact) mass is 239 g/mol. The van der Waals surface area contributed by atoms with Crippen LogP contribution >= 0.6 is 0 Å². The molecule has 92 valence electrons. The maximum absolute atomic E-state index is 9.75. The lowest BCUT2D eigenvalue weighted by Crippen LogP contribution is -2.47. The average molecular weight is 239 g/mol. The van der Waals surface area contributed by atoms with Crippen molar-refractivity contribution in [3.63, 3.8) is 0 Å². The molecule has 7 heteroatoms. The topological polar surface area (TPSA) is 13.1 Å². The molecule has 0 saturated heterocycles. The van der Waals surface area contributed by atoms with E-state index in [4.69, 9.17) is 4.84 Å². The summed E-state index contributed by atoms with van der Waals surface area (Å²) in [6.45, 7) is 6.75. The quantitative estimate of drug-likeness (QED) is 0.438. The Bertz CT molecular complexity index is 304. The zero-order valence-corrected chi connectivity index (χ0v) is 9.38. The zero-order valence-electron chi connectivity index (χ0n) is 9.38. The molecule has 0 aliphatic heterocycles. The minimum atomic E-state index is -6.00. The number of aromatic nitrogens is 1. The highest BCUT2D eigenvalue weighted by Crippen LogP contribution is 2.06. The second-order valence-corrected chi connectivity index (χ2v) is 3.02. The molecule has 0 radical (unpaired) electrons. The number of hydrogen-bond acceptors (Lipinski definition) is 1. The summed E-state index contributed by atoms with van der Waals surface area (Å²) in [6, 6.07) is 6.09. The van der Waals surface area contributed by atoms with Crippen LogP contribution in [0.3, 0.4) is 0 Å². The van der Waals surface area contributed by atoms with Crippen LogP contribution in [0.25, 0.3) is 0 Å². The molecule has 0 fully saturated rings. The molecular weight excluding hydrogens is 225 g/mol. The number of halogens is 4. The van der Waals surface area contributed by atoms with Gasteiger partial charge >= 0.3 is 7.25 Å². The van der Waals surface area contributed by atoms with Crippen LogP contribution in [0.15, 0.2) is 18.2 Å². The van der Waals surface area contributed by atoms with Gasteiger partial charge in [-0.2, -0.15) is 0 Å². The summed E-state index contributed by atoms with van der Waals surface area (Å²) >= 11 is 0. The van der Waals surface area contributed by atoms with E-state index in [2.05, 4.69) is 0 Å². The van der Waals surface area contributed by atoms with Crippen LogP contribution in [-0.4, -0.2) is 13.9 Å². The van der Waals surface area contributed by atoms with Crippen LogP contribution in [0.2, 0.25) is 0 Å². The van der Waals surface area contributed by atoms with Gasteiger partial charge in [-0.25, -0.2) is 0 Å². The summed E-state index contributed by atoms with van der Waals surface area (Å²) < 4.78 is 40.8. The smallest absolute Gasteiger partial charge is 0.418 e. The van der Waals surface area contributed by atoms with Gasteiger partial charge in [0, 0.05) is 30.7 Å². The van der Waals surface area contributed by atoms with Crippen molar-refractivity contribution in [3.8, 4) is 0 Å². The van der Waals surface area contributed by atoms with E-state index >= 15 is 0 Å². The molecule has 0 aliphatic carbocycles. The third-order valence-corrected chi connectivity index (χ3v) is 1.57. The van der Waals surface area contributed by atoms with Crippen molar-refractivity contribution in [2.45, 2.75) is 20.8 Å². The fourth-order valence-corrected chi connectivity index (χ4v) is 1.07. The molecule has 0 atom stereocenters. The fourth-order valence-electron chi connectivity index (χ4n) is 1.07. The highest BCUT2D eigenvalue weighted by molar-refractivity contribution is 6.50. The molecule has 16 heavy (non-hydrogen) atoms. The van der Waals surface area contributed by atoms with Gasteiger partial charge in [0.15, 0.2) is 6.61 Å². The fraction of sp³-hybridized carbons (Fsp3) is 0.444. The number of rotatable bonds is 2. The molecular formula is C9H14BF4NO. The molecule has 1 heterocycles. The predicted octanol–water partition coefficient (Wildman–Crippen LogP) is 2.34. The first-order chi connectivity index (χ1) is 7.25. The van der Waals surface area contributed by atoms with Crippen molar-refractivity contribution in [1.82, 2.24) is 0 Å². The third kappa shape index (κ3) is 7.08. The Balaban J connectivity index is 0.000000385. The normalized spacial score (nSPS) is 10.4. The summed E-state index contributed by atoms with van der Waals surface area (Å²) in [5, 5.41) is 0. The molecule has 0 spiro atoms. The lowest BCUT2D eigenvalue weighted by Gasteiger charge is -1.99. The first kappa shape index (κ1) is 14.7. The number of pyridine rings is 1. The summed E-state index contributed by atoms with van der Waals surface area (Å²) in [4.78, 5) is 5.38. The van der Waals surface area contributed by atoms with Gasteiger partial charge in [-0.1, -0.05) is 0 Å². The van der Waals surface area contributed by atoms with Crippen LogP contribution in [0, 0.1) is 13.8 Å². The second-order valence-electron chi connectivity index (χ2n) is 3.02. The van der Waals surface area contributed by atoms with Gasteiger partial charge in [-0.3, -0.25) is 4.84 Å². The van der Waals surface area contributed by atoms with Gasteiger partial charge in [0.05, 0.1) is 0 Å². The Hall–Kier alpha value is -1.27. The van der Waals surface area contributed by atoms with Crippen LogP contribution in [0.1, 0.15) is 18.3 Å². The van der Waals surface area contributed by atoms with Gasteiger partial charge in [0.1, 0.15) is 0 Å².